The number of hydrogen-bond acceptors (Lipinski definition) is 3. The van der Waals surface area contributed by atoms with Crippen LogP contribution in [0.15, 0.2) is 30.3 Å². The lowest BCUT2D eigenvalue weighted by Crippen LogP contribution is -2.51. The van der Waals surface area contributed by atoms with E-state index in [-0.39, 0.29) is 0 Å². The minimum Gasteiger partial charge on any atom is -0.380 e. The Balaban J connectivity index is 1.98. The average Bonchev–Trinajstić information content (AvgIpc) is 2.55. The van der Waals surface area contributed by atoms with E-state index in [1.165, 1.54) is 24.8 Å². The third-order valence-electron chi connectivity index (χ3n) is 4.82. The van der Waals surface area contributed by atoms with Crippen molar-refractivity contribution in [1.29, 1.82) is 0 Å². The van der Waals surface area contributed by atoms with Gasteiger partial charge in [-0.1, -0.05) is 30.3 Å². The Morgan fingerprint density at radius 2 is 2.00 bits per heavy atom. The minimum atomic E-state index is 0.592. The highest BCUT2D eigenvalue weighted by atomic mass is 16.5. The van der Waals surface area contributed by atoms with Crippen molar-refractivity contribution in [2.75, 3.05) is 33.9 Å². The van der Waals surface area contributed by atoms with Crippen molar-refractivity contribution in [3.8, 4) is 0 Å². The van der Waals surface area contributed by atoms with Crippen LogP contribution in [0.5, 0.6) is 0 Å². The molecule has 0 aromatic heterocycles. The van der Waals surface area contributed by atoms with Crippen molar-refractivity contribution in [2.45, 2.75) is 44.2 Å². The van der Waals surface area contributed by atoms with E-state index in [9.17, 15) is 0 Å². The van der Waals surface area contributed by atoms with E-state index in [1.54, 1.807) is 0 Å². The van der Waals surface area contributed by atoms with Crippen molar-refractivity contribution in [3.63, 3.8) is 0 Å². The Bertz CT molecular complexity index is 395. The van der Waals surface area contributed by atoms with E-state index in [1.807, 2.05) is 0 Å². The molecule has 0 spiro atoms. The van der Waals surface area contributed by atoms with Gasteiger partial charge in [-0.15, -0.1) is 0 Å². The first kappa shape index (κ1) is 16.5. The zero-order valence-electron chi connectivity index (χ0n) is 13.7. The van der Waals surface area contributed by atoms with E-state index in [0.717, 1.165) is 19.8 Å². The molecule has 1 aliphatic rings. The average molecular weight is 290 g/mol. The number of hydrogen-bond donors (Lipinski definition) is 1. The Labute approximate surface area is 129 Å². The zero-order valence-corrected chi connectivity index (χ0v) is 13.7. The third kappa shape index (κ3) is 4.53. The fraction of sp³-hybridized carbons (Fsp3) is 0.667. The van der Waals surface area contributed by atoms with E-state index < -0.39 is 0 Å². The molecule has 3 atom stereocenters. The Morgan fingerprint density at radius 3 is 2.67 bits per heavy atom. The largest absolute Gasteiger partial charge is 0.380 e. The van der Waals surface area contributed by atoms with Crippen LogP contribution in [-0.4, -0.2) is 50.8 Å². The van der Waals surface area contributed by atoms with Gasteiger partial charge in [0.05, 0.1) is 6.61 Å². The second kappa shape index (κ2) is 8.52. The highest BCUT2D eigenvalue weighted by Crippen LogP contribution is 2.34. The van der Waals surface area contributed by atoms with Gasteiger partial charge in [0.1, 0.15) is 0 Å². The van der Waals surface area contributed by atoms with E-state index in [4.69, 9.17) is 4.74 Å². The van der Waals surface area contributed by atoms with Gasteiger partial charge in [0, 0.05) is 25.2 Å². The van der Waals surface area contributed by atoms with Crippen LogP contribution in [0.4, 0.5) is 0 Å². The molecular formula is C18H30N2O. The quantitative estimate of drug-likeness (QED) is 0.782. The number of benzene rings is 1. The van der Waals surface area contributed by atoms with Gasteiger partial charge in [-0.25, -0.2) is 0 Å². The Hall–Kier alpha value is -0.900. The SMILES string of the molecule is CCOCCN(C)C1CC(c2ccccc2)CCC1NC. The molecule has 0 bridgehead atoms. The highest BCUT2D eigenvalue weighted by molar-refractivity contribution is 5.21. The van der Waals surface area contributed by atoms with Crippen molar-refractivity contribution in [3.05, 3.63) is 35.9 Å². The van der Waals surface area contributed by atoms with Crippen molar-refractivity contribution in [2.24, 2.45) is 0 Å². The summed E-state index contributed by atoms with van der Waals surface area (Å²) in [5.41, 5.74) is 1.50. The van der Waals surface area contributed by atoms with Gasteiger partial charge in [-0.2, -0.15) is 0 Å². The number of ether oxygens (including phenoxy) is 1. The summed E-state index contributed by atoms with van der Waals surface area (Å²) < 4.78 is 5.51. The third-order valence-corrected chi connectivity index (χ3v) is 4.82. The lowest BCUT2D eigenvalue weighted by molar-refractivity contribution is 0.0825. The molecule has 0 amide bonds. The molecular weight excluding hydrogens is 260 g/mol. The highest BCUT2D eigenvalue weighted by Gasteiger charge is 2.32. The summed E-state index contributed by atoms with van der Waals surface area (Å²) in [6.07, 6.45) is 3.77. The van der Waals surface area contributed by atoms with Crippen LogP contribution in [0.2, 0.25) is 0 Å². The maximum Gasteiger partial charge on any atom is 0.0593 e. The molecule has 2 rings (SSSR count). The minimum absolute atomic E-state index is 0.592. The molecule has 118 valence electrons. The predicted octanol–water partition coefficient (Wildman–Crippen LogP) is 2.88. The monoisotopic (exact) mass is 290 g/mol. The van der Waals surface area contributed by atoms with Gasteiger partial charge in [0.2, 0.25) is 0 Å². The first-order chi connectivity index (χ1) is 10.3. The zero-order chi connectivity index (χ0) is 15.1. The van der Waals surface area contributed by atoms with Crippen LogP contribution in [-0.2, 0) is 4.74 Å². The van der Waals surface area contributed by atoms with Crippen LogP contribution in [0, 0.1) is 0 Å². The summed E-state index contributed by atoms with van der Waals surface area (Å²) in [4.78, 5) is 2.48. The van der Waals surface area contributed by atoms with Crippen LogP contribution in [0.1, 0.15) is 37.7 Å². The van der Waals surface area contributed by atoms with E-state index >= 15 is 0 Å². The summed E-state index contributed by atoms with van der Waals surface area (Å²) >= 11 is 0. The molecule has 1 fully saturated rings. The summed E-state index contributed by atoms with van der Waals surface area (Å²) in [7, 11) is 4.33. The number of rotatable bonds is 7. The van der Waals surface area contributed by atoms with Crippen LogP contribution in [0.25, 0.3) is 0 Å². The van der Waals surface area contributed by atoms with Crippen LogP contribution < -0.4 is 5.32 Å². The molecule has 0 radical (unpaired) electrons. The van der Waals surface area contributed by atoms with Crippen molar-refractivity contribution < 1.29 is 4.74 Å². The first-order valence-electron chi connectivity index (χ1n) is 8.26. The maximum atomic E-state index is 5.51. The van der Waals surface area contributed by atoms with Crippen LogP contribution >= 0.6 is 0 Å². The van der Waals surface area contributed by atoms with Gasteiger partial charge in [0.15, 0.2) is 0 Å². The number of nitrogens with zero attached hydrogens (tertiary/aromatic N) is 1. The Kier molecular flexibility index (Phi) is 6.68. The molecule has 1 aliphatic carbocycles. The molecule has 3 heteroatoms. The molecule has 0 heterocycles. The fourth-order valence-electron chi connectivity index (χ4n) is 3.52. The van der Waals surface area contributed by atoms with E-state index in [0.29, 0.717) is 18.0 Å². The molecule has 1 saturated carbocycles. The topological polar surface area (TPSA) is 24.5 Å². The van der Waals surface area contributed by atoms with E-state index in [2.05, 4.69) is 61.6 Å². The van der Waals surface area contributed by atoms with Gasteiger partial charge in [0.25, 0.3) is 0 Å². The normalized spacial score (nSPS) is 26.2. The maximum absolute atomic E-state index is 5.51. The molecule has 1 aromatic rings. The smallest absolute Gasteiger partial charge is 0.0593 e. The predicted molar refractivity (Wildman–Crippen MR) is 88.8 cm³/mol. The standard InChI is InChI=1S/C18H30N2O/c1-4-21-13-12-20(3)18-14-16(10-11-17(18)19-2)15-8-6-5-7-9-15/h5-9,16-19H,4,10-14H2,1-3H3. The lowest BCUT2D eigenvalue weighted by Gasteiger charge is -2.41. The summed E-state index contributed by atoms with van der Waals surface area (Å²) in [6, 6.07) is 12.2. The molecule has 3 nitrogen and oxygen atoms in total. The molecule has 3 unspecified atom stereocenters. The van der Waals surface area contributed by atoms with Crippen molar-refractivity contribution >= 4 is 0 Å². The first-order valence-corrected chi connectivity index (χ1v) is 8.26. The molecule has 0 saturated heterocycles. The molecule has 1 aromatic carbocycles. The van der Waals surface area contributed by atoms with Crippen LogP contribution in [0.3, 0.4) is 0 Å². The number of nitrogens with one attached hydrogen (secondary N) is 1. The van der Waals surface area contributed by atoms with Gasteiger partial charge in [-0.05, 0) is 51.8 Å². The van der Waals surface area contributed by atoms with Crippen molar-refractivity contribution in [1.82, 2.24) is 10.2 Å². The Morgan fingerprint density at radius 1 is 1.24 bits per heavy atom. The fourth-order valence-corrected chi connectivity index (χ4v) is 3.52. The second-order valence-corrected chi connectivity index (χ2v) is 6.06. The molecule has 0 aliphatic heterocycles. The summed E-state index contributed by atoms with van der Waals surface area (Å²) in [5, 5.41) is 3.51. The van der Waals surface area contributed by atoms with Gasteiger partial charge in [-0.3, -0.25) is 4.90 Å². The second-order valence-electron chi connectivity index (χ2n) is 6.06. The molecule has 1 N–H and O–H groups in total. The lowest BCUT2D eigenvalue weighted by atomic mass is 9.78. The number of likely N-dealkylation sites (N-methyl/N-ethyl adjacent to an activating group) is 2. The summed E-state index contributed by atoms with van der Waals surface area (Å²) in [6.45, 7) is 4.71. The van der Waals surface area contributed by atoms with Gasteiger partial charge < -0.3 is 10.1 Å². The molecule has 21 heavy (non-hydrogen) atoms. The summed E-state index contributed by atoms with van der Waals surface area (Å²) in [5.74, 6) is 0.690. The van der Waals surface area contributed by atoms with Gasteiger partial charge >= 0.3 is 0 Å².